The predicted octanol–water partition coefficient (Wildman–Crippen LogP) is 5.02. The van der Waals surface area contributed by atoms with Crippen molar-refractivity contribution >= 4 is 33.2 Å². The highest BCUT2D eigenvalue weighted by molar-refractivity contribution is 9.10. The summed E-state index contributed by atoms with van der Waals surface area (Å²) in [7, 11) is 0. The van der Waals surface area contributed by atoms with Crippen LogP contribution in [0.25, 0.3) is 0 Å². The van der Waals surface area contributed by atoms with Gasteiger partial charge in [-0.15, -0.1) is 0 Å². The second-order valence-corrected chi connectivity index (χ2v) is 5.17. The molecule has 3 heteroatoms. The van der Waals surface area contributed by atoms with E-state index in [0.717, 1.165) is 27.3 Å². The highest BCUT2D eigenvalue weighted by Crippen LogP contribution is 2.22. The van der Waals surface area contributed by atoms with Gasteiger partial charge in [0.05, 0.1) is 0 Å². The largest absolute Gasteiger partial charge is 0.381 e. The Hall–Kier alpha value is -0.990. The molecule has 0 saturated carbocycles. The lowest BCUT2D eigenvalue weighted by Gasteiger charge is -2.09. The Kier molecular flexibility index (Phi) is 4.08. The zero-order chi connectivity index (χ0) is 12.3. The fourth-order valence-corrected chi connectivity index (χ4v) is 2.12. The third-order valence-electron chi connectivity index (χ3n) is 2.61. The van der Waals surface area contributed by atoms with E-state index < -0.39 is 0 Å². The summed E-state index contributed by atoms with van der Waals surface area (Å²) in [6.07, 6.45) is 0. The SMILES string of the molecule is Cc1ccc(NCc2ccccc2Cl)cc1Br. The van der Waals surface area contributed by atoms with Gasteiger partial charge in [0.15, 0.2) is 0 Å². The summed E-state index contributed by atoms with van der Waals surface area (Å²) in [4.78, 5) is 0. The van der Waals surface area contributed by atoms with Crippen LogP contribution in [-0.4, -0.2) is 0 Å². The molecule has 2 aromatic rings. The molecule has 88 valence electrons. The van der Waals surface area contributed by atoms with Gasteiger partial charge in [0.2, 0.25) is 0 Å². The van der Waals surface area contributed by atoms with Crippen LogP contribution in [0.5, 0.6) is 0 Å². The molecule has 0 aliphatic carbocycles. The van der Waals surface area contributed by atoms with Gasteiger partial charge in [-0.05, 0) is 36.2 Å². The molecule has 2 rings (SSSR count). The first-order valence-electron chi connectivity index (χ1n) is 5.40. The topological polar surface area (TPSA) is 12.0 Å². The maximum atomic E-state index is 6.10. The van der Waals surface area contributed by atoms with Crippen molar-refractivity contribution in [1.82, 2.24) is 0 Å². The Balaban J connectivity index is 2.08. The molecule has 0 aromatic heterocycles. The van der Waals surface area contributed by atoms with Gasteiger partial charge in [0, 0.05) is 21.7 Å². The van der Waals surface area contributed by atoms with Crippen molar-refractivity contribution in [3.63, 3.8) is 0 Å². The summed E-state index contributed by atoms with van der Waals surface area (Å²) < 4.78 is 1.11. The molecule has 1 nitrogen and oxygen atoms in total. The Morgan fingerprint density at radius 2 is 1.94 bits per heavy atom. The molecule has 0 aliphatic heterocycles. The number of aryl methyl sites for hydroxylation is 1. The van der Waals surface area contributed by atoms with Crippen LogP contribution in [0, 0.1) is 6.92 Å². The molecule has 0 atom stereocenters. The molecule has 0 spiro atoms. The molecule has 0 saturated heterocycles. The summed E-state index contributed by atoms with van der Waals surface area (Å²) in [6, 6.07) is 14.1. The van der Waals surface area contributed by atoms with Gasteiger partial charge < -0.3 is 5.32 Å². The van der Waals surface area contributed by atoms with Crippen LogP contribution in [0.3, 0.4) is 0 Å². The van der Waals surface area contributed by atoms with Gasteiger partial charge >= 0.3 is 0 Å². The highest BCUT2D eigenvalue weighted by atomic mass is 79.9. The highest BCUT2D eigenvalue weighted by Gasteiger charge is 2.00. The number of hydrogen-bond donors (Lipinski definition) is 1. The lowest BCUT2D eigenvalue weighted by Crippen LogP contribution is -2.00. The average Bonchev–Trinajstić information content (AvgIpc) is 2.32. The second kappa shape index (κ2) is 5.56. The van der Waals surface area contributed by atoms with E-state index in [0.29, 0.717) is 0 Å². The molecule has 0 fully saturated rings. The average molecular weight is 311 g/mol. The molecule has 0 radical (unpaired) electrons. The lowest BCUT2D eigenvalue weighted by molar-refractivity contribution is 1.15. The van der Waals surface area contributed by atoms with Crippen LogP contribution in [0.4, 0.5) is 5.69 Å². The summed E-state index contributed by atoms with van der Waals surface area (Å²) in [5, 5.41) is 4.15. The van der Waals surface area contributed by atoms with Gasteiger partial charge in [0.25, 0.3) is 0 Å². The fourth-order valence-electron chi connectivity index (χ4n) is 1.54. The Morgan fingerprint density at radius 1 is 1.18 bits per heavy atom. The molecule has 2 aromatic carbocycles. The number of anilines is 1. The summed E-state index contributed by atoms with van der Waals surface area (Å²) >= 11 is 9.62. The molecule has 1 N–H and O–H groups in total. The monoisotopic (exact) mass is 309 g/mol. The third-order valence-corrected chi connectivity index (χ3v) is 3.84. The minimum absolute atomic E-state index is 0.731. The van der Waals surface area contributed by atoms with E-state index in [1.807, 2.05) is 24.3 Å². The summed E-state index contributed by atoms with van der Waals surface area (Å²) in [5.41, 5.74) is 3.42. The van der Waals surface area contributed by atoms with Crippen molar-refractivity contribution < 1.29 is 0 Å². The Labute approximate surface area is 115 Å². The first-order valence-corrected chi connectivity index (χ1v) is 6.57. The molecule has 0 amide bonds. The smallest absolute Gasteiger partial charge is 0.0455 e. The van der Waals surface area contributed by atoms with E-state index in [9.17, 15) is 0 Å². The lowest BCUT2D eigenvalue weighted by atomic mass is 10.2. The minimum Gasteiger partial charge on any atom is -0.381 e. The van der Waals surface area contributed by atoms with E-state index in [2.05, 4.69) is 46.4 Å². The van der Waals surface area contributed by atoms with Crippen molar-refractivity contribution in [3.05, 3.63) is 63.1 Å². The van der Waals surface area contributed by atoms with Crippen LogP contribution >= 0.6 is 27.5 Å². The molecule has 0 heterocycles. The van der Waals surface area contributed by atoms with Crippen LogP contribution in [0.15, 0.2) is 46.9 Å². The number of halogens is 2. The zero-order valence-corrected chi connectivity index (χ0v) is 11.8. The van der Waals surface area contributed by atoms with Gasteiger partial charge in [-0.3, -0.25) is 0 Å². The number of nitrogens with one attached hydrogen (secondary N) is 1. The molecule has 0 aliphatic rings. The molecule has 0 unspecified atom stereocenters. The van der Waals surface area contributed by atoms with E-state index in [-0.39, 0.29) is 0 Å². The first kappa shape index (κ1) is 12.5. The number of rotatable bonds is 3. The van der Waals surface area contributed by atoms with E-state index in [1.54, 1.807) is 0 Å². The standard InChI is InChI=1S/C14H13BrClN/c1-10-6-7-12(8-13(10)15)17-9-11-4-2-3-5-14(11)16/h2-8,17H,9H2,1H3. The van der Waals surface area contributed by atoms with Crippen molar-refractivity contribution in [2.45, 2.75) is 13.5 Å². The third kappa shape index (κ3) is 3.24. The molecule has 17 heavy (non-hydrogen) atoms. The van der Waals surface area contributed by atoms with Crippen molar-refractivity contribution in [2.24, 2.45) is 0 Å². The van der Waals surface area contributed by atoms with Gasteiger partial charge in [0.1, 0.15) is 0 Å². The first-order chi connectivity index (χ1) is 8.16. The van der Waals surface area contributed by atoms with E-state index in [1.165, 1.54) is 5.56 Å². The van der Waals surface area contributed by atoms with Gasteiger partial charge in [-0.25, -0.2) is 0 Å². The van der Waals surface area contributed by atoms with E-state index >= 15 is 0 Å². The van der Waals surface area contributed by atoms with Gasteiger partial charge in [-0.2, -0.15) is 0 Å². The maximum Gasteiger partial charge on any atom is 0.0455 e. The molecular formula is C14H13BrClN. The quantitative estimate of drug-likeness (QED) is 0.839. The summed E-state index contributed by atoms with van der Waals surface area (Å²) in [6.45, 7) is 2.80. The predicted molar refractivity (Wildman–Crippen MR) is 77.7 cm³/mol. The Morgan fingerprint density at radius 3 is 2.65 bits per heavy atom. The molecule has 0 bridgehead atoms. The van der Waals surface area contributed by atoms with E-state index in [4.69, 9.17) is 11.6 Å². The van der Waals surface area contributed by atoms with Crippen LogP contribution in [-0.2, 0) is 6.54 Å². The van der Waals surface area contributed by atoms with Crippen molar-refractivity contribution in [3.8, 4) is 0 Å². The number of hydrogen-bond acceptors (Lipinski definition) is 1. The van der Waals surface area contributed by atoms with Crippen LogP contribution in [0.2, 0.25) is 5.02 Å². The zero-order valence-electron chi connectivity index (χ0n) is 9.50. The minimum atomic E-state index is 0.731. The Bertz CT molecular complexity index is 525. The molecular weight excluding hydrogens is 298 g/mol. The normalized spacial score (nSPS) is 10.3. The van der Waals surface area contributed by atoms with Crippen LogP contribution in [0.1, 0.15) is 11.1 Å². The van der Waals surface area contributed by atoms with Crippen molar-refractivity contribution in [1.29, 1.82) is 0 Å². The summed E-state index contributed by atoms with van der Waals surface area (Å²) in [5.74, 6) is 0. The number of benzene rings is 2. The second-order valence-electron chi connectivity index (χ2n) is 3.91. The van der Waals surface area contributed by atoms with Crippen molar-refractivity contribution in [2.75, 3.05) is 5.32 Å². The fraction of sp³-hybridized carbons (Fsp3) is 0.143. The van der Waals surface area contributed by atoms with Crippen LogP contribution < -0.4 is 5.32 Å². The van der Waals surface area contributed by atoms with Gasteiger partial charge in [-0.1, -0.05) is 51.8 Å². The maximum absolute atomic E-state index is 6.10.